The van der Waals surface area contributed by atoms with Crippen LogP contribution in [0.3, 0.4) is 0 Å². The molecule has 2 aromatic rings. The first kappa shape index (κ1) is 18.8. The summed E-state index contributed by atoms with van der Waals surface area (Å²) in [5.74, 6) is 0.0488. The van der Waals surface area contributed by atoms with E-state index >= 15 is 0 Å². The van der Waals surface area contributed by atoms with E-state index in [2.05, 4.69) is 0 Å². The fourth-order valence-corrected chi connectivity index (χ4v) is 3.07. The Morgan fingerprint density at radius 1 is 0.833 bits per heavy atom. The van der Waals surface area contributed by atoms with Crippen LogP contribution >= 0.6 is 34.8 Å². The van der Waals surface area contributed by atoms with Crippen LogP contribution in [0.25, 0.3) is 0 Å². The highest BCUT2D eigenvalue weighted by molar-refractivity contribution is 6.19. The van der Waals surface area contributed by atoms with Gasteiger partial charge in [0.2, 0.25) is 0 Å². The number of methoxy groups -OCH3 is 1. The molecule has 3 nitrogen and oxygen atoms in total. The van der Waals surface area contributed by atoms with E-state index in [0.717, 1.165) is 11.1 Å². The molecule has 0 heterocycles. The third-order valence-electron chi connectivity index (χ3n) is 3.67. The lowest BCUT2D eigenvalue weighted by Gasteiger charge is -2.10. The summed E-state index contributed by atoms with van der Waals surface area (Å²) in [5.41, 5.74) is 3.56. The number of hydrogen-bond acceptors (Lipinski definition) is 3. The predicted octanol–water partition coefficient (Wildman–Crippen LogP) is 4.92. The van der Waals surface area contributed by atoms with E-state index in [0.29, 0.717) is 28.1 Å². The van der Waals surface area contributed by atoms with Crippen LogP contribution in [-0.2, 0) is 22.4 Å². The van der Waals surface area contributed by atoms with Crippen molar-refractivity contribution in [3.63, 3.8) is 0 Å². The average molecular weight is 386 g/mol. The zero-order chi connectivity index (χ0) is 17.7. The van der Waals surface area contributed by atoms with E-state index < -0.39 is 5.97 Å². The molecule has 126 valence electrons. The second-order valence-electron chi connectivity index (χ2n) is 5.08. The van der Waals surface area contributed by atoms with Crippen LogP contribution in [-0.4, -0.2) is 18.9 Å². The Hall–Kier alpha value is -1.55. The van der Waals surface area contributed by atoms with Gasteiger partial charge < -0.3 is 4.74 Å². The molecule has 0 bridgehead atoms. The van der Waals surface area contributed by atoms with Crippen molar-refractivity contribution in [2.45, 2.75) is 17.6 Å². The van der Waals surface area contributed by atoms with Crippen LogP contribution < -0.4 is 0 Å². The molecule has 0 N–H and O–H groups in total. The van der Waals surface area contributed by atoms with E-state index in [-0.39, 0.29) is 17.5 Å². The number of benzene rings is 2. The van der Waals surface area contributed by atoms with Crippen molar-refractivity contribution in [1.82, 2.24) is 0 Å². The lowest BCUT2D eigenvalue weighted by Crippen LogP contribution is -2.08. The van der Waals surface area contributed by atoms with Gasteiger partial charge in [0.15, 0.2) is 5.78 Å². The standard InChI is InChI=1S/C18H15Cl3O3/c1-24-18(23)16-5-4-12(7-15(16)10-21)17(22)11-2-3-13(8-19)14(6-11)9-20/h2-7H,8-10H2,1H3. The molecule has 0 saturated heterocycles. The van der Waals surface area contributed by atoms with Gasteiger partial charge in [0.1, 0.15) is 0 Å². The van der Waals surface area contributed by atoms with Crippen LogP contribution in [0, 0.1) is 0 Å². The average Bonchev–Trinajstić information content (AvgIpc) is 2.65. The van der Waals surface area contributed by atoms with Crippen LogP contribution in [0.1, 0.15) is 43.0 Å². The first-order valence-corrected chi connectivity index (χ1v) is 8.71. The number of carbonyl (C=O) groups is 2. The van der Waals surface area contributed by atoms with Gasteiger partial charge in [-0.25, -0.2) is 4.79 Å². The highest BCUT2D eigenvalue weighted by Crippen LogP contribution is 2.21. The number of ketones is 1. The van der Waals surface area contributed by atoms with E-state index in [1.54, 1.807) is 36.4 Å². The Bertz CT molecular complexity index is 772. The molecule has 0 saturated carbocycles. The fraction of sp³-hybridized carbons (Fsp3) is 0.222. The molecule has 0 radical (unpaired) electrons. The number of halogens is 3. The van der Waals surface area contributed by atoms with Gasteiger partial charge in [0, 0.05) is 28.8 Å². The van der Waals surface area contributed by atoms with Gasteiger partial charge in [0.25, 0.3) is 0 Å². The topological polar surface area (TPSA) is 43.4 Å². The number of alkyl halides is 3. The maximum absolute atomic E-state index is 12.7. The van der Waals surface area contributed by atoms with Crippen LogP contribution in [0.5, 0.6) is 0 Å². The zero-order valence-electron chi connectivity index (χ0n) is 12.9. The summed E-state index contributed by atoms with van der Waals surface area (Å²) in [6, 6.07) is 9.99. The van der Waals surface area contributed by atoms with Crippen LogP contribution in [0.2, 0.25) is 0 Å². The summed E-state index contributed by atoms with van der Waals surface area (Å²) in [6.45, 7) is 0. The summed E-state index contributed by atoms with van der Waals surface area (Å²) in [7, 11) is 1.30. The van der Waals surface area contributed by atoms with Crippen LogP contribution in [0.15, 0.2) is 36.4 Å². The Balaban J connectivity index is 2.41. The molecule has 6 heteroatoms. The summed E-state index contributed by atoms with van der Waals surface area (Å²) >= 11 is 17.7. The van der Waals surface area contributed by atoms with Crippen molar-refractivity contribution in [2.24, 2.45) is 0 Å². The first-order valence-electron chi connectivity index (χ1n) is 7.11. The quantitative estimate of drug-likeness (QED) is 0.403. The largest absolute Gasteiger partial charge is 0.465 e. The molecular weight excluding hydrogens is 371 g/mol. The van der Waals surface area contributed by atoms with E-state index in [9.17, 15) is 9.59 Å². The molecule has 2 aromatic carbocycles. The molecule has 0 aromatic heterocycles. The smallest absolute Gasteiger partial charge is 0.338 e. The number of ether oxygens (including phenoxy) is 1. The molecule has 0 amide bonds. The molecule has 2 rings (SSSR count). The number of carbonyl (C=O) groups excluding carboxylic acids is 2. The SMILES string of the molecule is COC(=O)c1ccc(C(=O)c2ccc(CCl)c(CCl)c2)cc1CCl. The molecule has 0 unspecified atom stereocenters. The molecule has 0 aliphatic carbocycles. The van der Waals surface area contributed by atoms with Crippen molar-refractivity contribution >= 4 is 46.6 Å². The molecule has 0 spiro atoms. The summed E-state index contributed by atoms with van der Waals surface area (Å²) in [4.78, 5) is 24.4. The van der Waals surface area contributed by atoms with Crippen molar-refractivity contribution in [3.05, 3.63) is 69.8 Å². The fourth-order valence-electron chi connectivity index (χ4n) is 2.34. The Morgan fingerprint density at radius 2 is 1.38 bits per heavy atom. The minimum absolute atomic E-state index is 0.101. The monoisotopic (exact) mass is 384 g/mol. The third-order valence-corrected chi connectivity index (χ3v) is 4.54. The molecule has 24 heavy (non-hydrogen) atoms. The molecule has 0 fully saturated rings. The Morgan fingerprint density at radius 3 is 1.92 bits per heavy atom. The molecule has 0 atom stereocenters. The lowest BCUT2D eigenvalue weighted by molar-refractivity contribution is 0.0599. The second kappa shape index (κ2) is 8.52. The van der Waals surface area contributed by atoms with Gasteiger partial charge in [-0.15, -0.1) is 34.8 Å². The molecular formula is C18H15Cl3O3. The molecule has 0 aliphatic heterocycles. The van der Waals surface area contributed by atoms with Gasteiger partial charge in [-0.05, 0) is 34.9 Å². The minimum Gasteiger partial charge on any atom is -0.465 e. The van der Waals surface area contributed by atoms with E-state index in [1.807, 2.05) is 0 Å². The van der Waals surface area contributed by atoms with Gasteiger partial charge in [-0.3, -0.25) is 4.79 Å². The zero-order valence-corrected chi connectivity index (χ0v) is 15.2. The summed E-state index contributed by atoms with van der Waals surface area (Å²) < 4.78 is 4.71. The van der Waals surface area contributed by atoms with Gasteiger partial charge >= 0.3 is 5.97 Å². The second-order valence-corrected chi connectivity index (χ2v) is 5.88. The molecule has 0 aliphatic rings. The predicted molar refractivity (Wildman–Crippen MR) is 96.3 cm³/mol. The third kappa shape index (κ3) is 3.92. The van der Waals surface area contributed by atoms with Crippen molar-refractivity contribution < 1.29 is 14.3 Å². The van der Waals surface area contributed by atoms with E-state index in [4.69, 9.17) is 39.5 Å². The van der Waals surface area contributed by atoms with Crippen LogP contribution in [0.4, 0.5) is 0 Å². The number of esters is 1. The summed E-state index contributed by atoms with van der Waals surface area (Å²) in [5, 5.41) is 0. The van der Waals surface area contributed by atoms with E-state index in [1.165, 1.54) is 7.11 Å². The van der Waals surface area contributed by atoms with Crippen molar-refractivity contribution in [3.8, 4) is 0 Å². The van der Waals surface area contributed by atoms with Gasteiger partial charge in [-0.1, -0.05) is 18.2 Å². The normalized spacial score (nSPS) is 10.5. The number of rotatable bonds is 6. The highest BCUT2D eigenvalue weighted by atomic mass is 35.5. The van der Waals surface area contributed by atoms with Gasteiger partial charge in [-0.2, -0.15) is 0 Å². The van der Waals surface area contributed by atoms with Gasteiger partial charge in [0.05, 0.1) is 12.7 Å². The van der Waals surface area contributed by atoms with Crippen molar-refractivity contribution in [1.29, 1.82) is 0 Å². The Labute approximate surface area is 155 Å². The number of hydrogen-bond donors (Lipinski definition) is 0. The Kier molecular flexibility index (Phi) is 6.67. The lowest BCUT2D eigenvalue weighted by atomic mass is 9.96. The highest BCUT2D eigenvalue weighted by Gasteiger charge is 2.16. The minimum atomic E-state index is -0.486. The maximum atomic E-state index is 12.7. The van der Waals surface area contributed by atoms with Crippen molar-refractivity contribution in [2.75, 3.05) is 7.11 Å². The maximum Gasteiger partial charge on any atom is 0.338 e. The summed E-state index contributed by atoms with van der Waals surface area (Å²) in [6.07, 6.45) is 0. The first-order chi connectivity index (χ1) is 11.5.